The Bertz CT molecular complexity index is 617. The monoisotopic (exact) mass is 294 g/mol. The molecule has 0 aliphatic carbocycles. The largest absolute Gasteiger partial charge is 0.269 e. The molecule has 0 amide bonds. The molecule has 2 aromatic carbocycles. The van der Waals surface area contributed by atoms with Crippen molar-refractivity contribution < 1.29 is 0 Å². The summed E-state index contributed by atoms with van der Waals surface area (Å²) in [6, 6.07) is 16.4. The van der Waals surface area contributed by atoms with E-state index in [1.165, 1.54) is 11.1 Å². The first kappa shape index (κ1) is 15.8. The molecule has 0 fully saturated rings. The molecule has 0 aliphatic heterocycles. The van der Waals surface area contributed by atoms with E-state index in [1.54, 1.807) is 12.4 Å². The molecule has 0 saturated heterocycles. The molecule has 0 spiro atoms. The third-order valence-corrected chi connectivity index (χ3v) is 3.30. The van der Waals surface area contributed by atoms with E-state index in [-0.39, 0.29) is 0 Å². The number of aryl methyl sites for hydroxylation is 2. The maximum atomic E-state index is 4.35. The Kier molecular flexibility index (Phi) is 5.31. The van der Waals surface area contributed by atoms with Crippen molar-refractivity contribution in [2.45, 2.75) is 13.8 Å². The molecular formula is C18H22N4. The molecule has 0 heterocycles. The lowest BCUT2D eigenvalue weighted by Crippen LogP contribution is -2.11. The standard InChI is InChI=1S/C18H22N4/c1-15-7-5-9-17(13-15)21(3)19-11-12-20-22(4)18-10-6-8-16(2)14-18/h5-14H,1-4H3/b19-11+,20-12+. The van der Waals surface area contributed by atoms with Crippen molar-refractivity contribution in [3.63, 3.8) is 0 Å². The van der Waals surface area contributed by atoms with Gasteiger partial charge >= 0.3 is 0 Å². The summed E-state index contributed by atoms with van der Waals surface area (Å²) in [5.74, 6) is 0. The zero-order valence-electron chi connectivity index (χ0n) is 13.6. The van der Waals surface area contributed by atoms with Gasteiger partial charge in [0.05, 0.1) is 23.8 Å². The smallest absolute Gasteiger partial charge is 0.0675 e. The molecule has 0 atom stereocenters. The van der Waals surface area contributed by atoms with E-state index in [2.05, 4.69) is 48.3 Å². The average molecular weight is 294 g/mol. The van der Waals surface area contributed by atoms with Crippen LogP contribution >= 0.6 is 0 Å². The first-order chi connectivity index (χ1) is 10.6. The molecular weight excluding hydrogens is 272 g/mol. The van der Waals surface area contributed by atoms with Crippen LogP contribution in [0.5, 0.6) is 0 Å². The lowest BCUT2D eigenvalue weighted by atomic mass is 10.2. The topological polar surface area (TPSA) is 31.2 Å². The summed E-state index contributed by atoms with van der Waals surface area (Å²) < 4.78 is 0. The van der Waals surface area contributed by atoms with Crippen LogP contribution in [0.4, 0.5) is 11.4 Å². The normalized spacial score (nSPS) is 11.3. The van der Waals surface area contributed by atoms with Gasteiger partial charge in [-0.1, -0.05) is 24.3 Å². The highest BCUT2D eigenvalue weighted by Crippen LogP contribution is 2.15. The van der Waals surface area contributed by atoms with Gasteiger partial charge in [-0.05, 0) is 49.2 Å². The number of hydrogen-bond donors (Lipinski definition) is 0. The van der Waals surface area contributed by atoms with Crippen molar-refractivity contribution in [2.75, 3.05) is 24.1 Å². The fourth-order valence-corrected chi connectivity index (χ4v) is 2.05. The zero-order chi connectivity index (χ0) is 15.9. The van der Waals surface area contributed by atoms with Gasteiger partial charge in [-0.3, -0.25) is 10.0 Å². The lowest BCUT2D eigenvalue weighted by Gasteiger charge is -2.13. The van der Waals surface area contributed by atoms with Crippen molar-refractivity contribution in [1.29, 1.82) is 0 Å². The quantitative estimate of drug-likeness (QED) is 0.619. The highest BCUT2D eigenvalue weighted by atomic mass is 15.4. The fourth-order valence-electron chi connectivity index (χ4n) is 2.05. The Morgan fingerprint density at radius 2 is 1.14 bits per heavy atom. The molecule has 2 aromatic rings. The SMILES string of the molecule is Cc1cccc(N(C)/N=C/C=N/N(C)c2cccc(C)c2)c1. The van der Waals surface area contributed by atoms with Crippen LogP contribution in [0.3, 0.4) is 0 Å². The highest BCUT2D eigenvalue weighted by Gasteiger charge is 1.98. The molecule has 0 aliphatic rings. The first-order valence-corrected chi connectivity index (χ1v) is 7.23. The van der Waals surface area contributed by atoms with Gasteiger partial charge in [0, 0.05) is 14.1 Å². The Balaban J connectivity index is 1.96. The summed E-state index contributed by atoms with van der Waals surface area (Å²) in [5, 5.41) is 12.4. The van der Waals surface area contributed by atoms with Crippen LogP contribution in [0.15, 0.2) is 58.7 Å². The number of nitrogens with zero attached hydrogens (tertiary/aromatic N) is 4. The van der Waals surface area contributed by atoms with Crippen molar-refractivity contribution in [1.82, 2.24) is 0 Å². The Morgan fingerprint density at radius 3 is 1.50 bits per heavy atom. The minimum atomic E-state index is 1.05. The van der Waals surface area contributed by atoms with E-state index >= 15 is 0 Å². The van der Waals surface area contributed by atoms with E-state index in [4.69, 9.17) is 0 Å². The summed E-state index contributed by atoms with van der Waals surface area (Å²) in [4.78, 5) is 0. The maximum Gasteiger partial charge on any atom is 0.0675 e. The van der Waals surface area contributed by atoms with Gasteiger partial charge < -0.3 is 0 Å². The average Bonchev–Trinajstić information content (AvgIpc) is 2.51. The van der Waals surface area contributed by atoms with Crippen LogP contribution in [-0.2, 0) is 0 Å². The first-order valence-electron chi connectivity index (χ1n) is 7.23. The third-order valence-electron chi connectivity index (χ3n) is 3.30. The molecule has 114 valence electrons. The minimum absolute atomic E-state index is 1.05. The van der Waals surface area contributed by atoms with Gasteiger partial charge in [0.15, 0.2) is 0 Å². The second-order valence-corrected chi connectivity index (χ2v) is 5.25. The van der Waals surface area contributed by atoms with Gasteiger partial charge in [-0.15, -0.1) is 0 Å². The molecule has 0 unspecified atom stereocenters. The predicted molar refractivity (Wildman–Crippen MR) is 96.1 cm³/mol. The molecule has 4 nitrogen and oxygen atoms in total. The summed E-state index contributed by atoms with van der Waals surface area (Å²) in [6.45, 7) is 4.14. The second kappa shape index (κ2) is 7.41. The Labute approximate surface area is 132 Å². The minimum Gasteiger partial charge on any atom is -0.269 e. The van der Waals surface area contributed by atoms with Crippen molar-refractivity contribution >= 4 is 23.8 Å². The molecule has 22 heavy (non-hydrogen) atoms. The Morgan fingerprint density at radius 1 is 0.727 bits per heavy atom. The van der Waals surface area contributed by atoms with E-state index in [0.29, 0.717) is 0 Å². The molecule has 0 radical (unpaired) electrons. The highest BCUT2D eigenvalue weighted by molar-refractivity contribution is 6.16. The van der Waals surface area contributed by atoms with Crippen LogP contribution in [0.1, 0.15) is 11.1 Å². The van der Waals surface area contributed by atoms with Gasteiger partial charge in [-0.2, -0.15) is 10.2 Å². The van der Waals surface area contributed by atoms with Crippen LogP contribution in [0, 0.1) is 13.8 Å². The number of hydrazone groups is 2. The molecule has 4 heteroatoms. The van der Waals surface area contributed by atoms with Gasteiger partial charge in [0.2, 0.25) is 0 Å². The van der Waals surface area contributed by atoms with E-state index in [1.807, 2.05) is 48.4 Å². The molecule has 0 bridgehead atoms. The van der Waals surface area contributed by atoms with Gasteiger partial charge in [0.1, 0.15) is 0 Å². The summed E-state index contributed by atoms with van der Waals surface area (Å²) >= 11 is 0. The van der Waals surface area contributed by atoms with Crippen LogP contribution in [0.25, 0.3) is 0 Å². The van der Waals surface area contributed by atoms with Crippen LogP contribution in [0.2, 0.25) is 0 Å². The van der Waals surface area contributed by atoms with E-state index in [0.717, 1.165) is 11.4 Å². The number of hydrogen-bond acceptors (Lipinski definition) is 4. The number of anilines is 2. The van der Waals surface area contributed by atoms with Crippen molar-refractivity contribution in [3.05, 3.63) is 59.7 Å². The lowest BCUT2D eigenvalue weighted by molar-refractivity contribution is 1.02. The van der Waals surface area contributed by atoms with Crippen LogP contribution in [-0.4, -0.2) is 26.5 Å². The summed E-state index contributed by atoms with van der Waals surface area (Å²) in [6.07, 6.45) is 3.38. The Hall–Kier alpha value is -2.62. The molecule has 2 rings (SSSR count). The number of rotatable bonds is 5. The van der Waals surface area contributed by atoms with Crippen molar-refractivity contribution in [3.8, 4) is 0 Å². The predicted octanol–water partition coefficient (Wildman–Crippen LogP) is 3.85. The second-order valence-electron chi connectivity index (χ2n) is 5.25. The van der Waals surface area contributed by atoms with Gasteiger partial charge in [-0.25, -0.2) is 0 Å². The summed E-state index contributed by atoms with van der Waals surface area (Å²) in [7, 11) is 3.84. The summed E-state index contributed by atoms with van der Waals surface area (Å²) in [5.41, 5.74) is 4.54. The third kappa shape index (κ3) is 4.45. The van der Waals surface area contributed by atoms with Crippen LogP contribution < -0.4 is 10.0 Å². The molecule has 0 aromatic heterocycles. The van der Waals surface area contributed by atoms with Crippen molar-refractivity contribution in [2.24, 2.45) is 10.2 Å². The molecule has 0 N–H and O–H groups in total. The fraction of sp³-hybridized carbons (Fsp3) is 0.222. The van der Waals surface area contributed by atoms with Gasteiger partial charge in [0.25, 0.3) is 0 Å². The van der Waals surface area contributed by atoms with E-state index < -0.39 is 0 Å². The van der Waals surface area contributed by atoms with E-state index in [9.17, 15) is 0 Å². The maximum absolute atomic E-state index is 4.35. The number of benzene rings is 2. The zero-order valence-corrected chi connectivity index (χ0v) is 13.6. The molecule has 0 saturated carbocycles.